The van der Waals surface area contributed by atoms with E-state index in [0.717, 1.165) is 19.6 Å². The van der Waals surface area contributed by atoms with Crippen molar-refractivity contribution in [3.05, 3.63) is 0 Å². The molecule has 3 nitrogen and oxygen atoms in total. The Bertz CT molecular complexity index is 288. The van der Waals surface area contributed by atoms with Crippen LogP contribution in [-0.4, -0.2) is 53.8 Å². The summed E-state index contributed by atoms with van der Waals surface area (Å²) in [5.41, 5.74) is 6.76. The van der Waals surface area contributed by atoms with Gasteiger partial charge in [-0.1, -0.05) is 13.8 Å². The molecular weight excluding hydrogens is 244 g/mol. The average Bonchev–Trinajstić information content (AvgIpc) is 2.26. The third-order valence-corrected chi connectivity index (χ3v) is 5.87. The van der Waals surface area contributed by atoms with E-state index in [1.807, 2.05) is 0 Å². The molecule has 0 aromatic rings. The van der Waals surface area contributed by atoms with E-state index in [0.29, 0.717) is 17.6 Å². The molecule has 2 aliphatic heterocycles. The molecule has 0 radical (unpaired) electrons. The lowest BCUT2D eigenvalue weighted by Crippen LogP contribution is -2.64. The molecule has 18 heavy (non-hydrogen) atoms. The molecule has 2 fully saturated rings. The maximum Gasteiger partial charge on any atom is 0.0678 e. The van der Waals surface area contributed by atoms with Gasteiger partial charge in [0.25, 0.3) is 0 Å². The van der Waals surface area contributed by atoms with E-state index in [1.54, 1.807) is 0 Å². The second kappa shape index (κ2) is 5.31. The predicted octanol–water partition coefficient (Wildman–Crippen LogP) is 1.96. The monoisotopic (exact) mass is 272 g/mol. The second-order valence-electron chi connectivity index (χ2n) is 6.92. The Labute approximate surface area is 116 Å². The van der Waals surface area contributed by atoms with Crippen molar-refractivity contribution in [1.82, 2.24) is 4.90 Å². The number of rotatable bonds is 2. The molecule has 0 amide bonds. The summed E-state index contributed by atoms with van der Waals surface area (Å²) >= 11 is 2.07. The van der Waals surface area contributed by atoms with Crippen LogP contribution >= 0.6 is 11.8 Å². The zero-order valence-corrected chi connectivity index (χ0v) is 13.1. The Kier molecular flexibility index (Phi) is 4.32. The average molecular weight is 272 g/mol. The topological polar surface area (TPSA) is 38.5 Å². The lowest BCUT2D eigenvalue weighted by molar-refractivity contribution is -0.103. The molecule has 0 spiro atoms. The Hall–Kier alpha value is 0.230. The smallest absolute Gasteiger partial charge is 0.0678 e. The van der Waals surface area contributed by atoms with Gasteiger partial charge in [-0.3, -0.25) is 4.90 Å². The van der Waals surface area contributed by atoms with Gasteiger partial charge in [0.15, 0.2) is 0 Å². The number of nitrogens with two attached hydrogens (primary N) is 1. The van der Waals surface area contributed by atoms with Crippen molar-refractivity contribution in [2.24, 2.45) is 11.1 Å². The predicted molar refractivity (Wildman–Crippen MR) is 79.1 cm³/mol. The summed E-state index contributed by atoms with van der Waals surface area (Å²) in [5, 5.41) is 0. The molecule has 0 aromatic carbocycles. The zero-order valence-electron chi connectivity index (χ0n) is 12.2. The summed E-state index contributed by atoms with van der Waals surface area (Å²) in [6.07, 6.45) is 1.86. The van der Waals surface area contributed by atoms with Crippen molar-refractivity contribution in [3.63, 3.8) is 0 Å². The minimum atomic E-state index is 0.179. The van der Waals surface area contributed by atoms with Gasteiger partial charge in [-0.25, -0.2) is 0 Å². The normalized spacial score (nSPS) is 41.8. The van der Waals surface area contributed by atoms with Crippen LogP contribution in [0, 0.1) is 5.41 Å². The molecule has 0 saturated carbocycles. The Morgan fingerprint density at radius 3 is 2.33 bits per heavy atom. The third-order valence-electron chi connectivity index (χ3n) is 4.14. The molecule has 3 atom stereocenters. The number of ether oxygens (including phenoxy) is 1. The molecule has 0 bridgehead atoms. The first-order valence-corrected chi connectivity index (χ1v) is 8.21. The van der Waals surface area contributed by atoms with Gasteiger partial charge >= 0.3 is 0 Å². The van der Waals surface area contributed by atoms with Crippen molar-refractivity contribution in [3.8, 4) is 0 Å². The number of morpholine rings is 1. The van der Waals surface area contributed by atoms with Gasteiger partial charge in [-0.2, -0.15) is 11.8 Å². The number of nitrogens with zero attached hydrogens (tertiary/aromatic N) is 1. The van der Waals surface area contributed by atoms with Gasteiger partial charge < -0.3 is 10.5 Å². The molecule has 2 saturated heterocycles. The van der Waals surface area contributed by atoms with E-state index in [1.165, 1.54) is 17.9 Å². The van der Waals surface area contributed by atoms with E-state index in [4.69, 9.17) is 10.5 Å². The highest BCUT2D eigenvalue weighted by molar-refractivity contribution is 7.99. The zero-order chi connectivity index (χ0) is 13.4. The lowest BCUT2D eigenvalue weighted by Gasteiger charge is -2.53. The summed E-state index contributed by atoms with van der Waals surface area (Å²) in [6, 6.07) is 0. The summed E-state index contributed by atoms with van der Waals surface area (Å²) in [7, 11) is 0. The molecule has 2 aliphatic rings. The molecule has 2 heterocycles. The van der Waals surface area contributed by atoms with Gasteiger partial charge in [0.2, 0.25) is 0 Å². The third kappa shape index (κ3) is 3.03. The van der Waals surface area contributed by atoms with E-state index in [2.05, 4.69) is 44.4 Å². The van der Waals surface area contributed by atoms with Gasteiger partial charge in [-0.05, 0) is 31.4 Å². The second-order valence-corrected chi connectivity index (χ2v) is 7.91. The Morgan fingerprint density at radius 2 is 1.83 bits per heavy atom. The molecular formula is C14H28N2OS. The first kappa shape index (κ1) is 14.6. The first-order valence-electron chi connectivity index (χ1n) is 7.05. The van der Waals surface area contributed by atoms with Crippen LogP contribution in [0.2, 0.25) is 0 Å². The standard InChI is InChI=1S/C14H28N2OS/c1-11-5-16(6-12(2)17-11)14(8-15)7-13(3,4)9-18-10-14/h11-12H,5-10,15H2,1-4H3/t11-,12+,14?. The largest absolute Gasteiger partial charge is 0.373 e. The maximum absolute atomic E-state index is 6.19. The quantitative estimate of drug-likeness (QED) is 0.834. The highest BCUT2D eigenvalue weighted by Crippen LogP contribution is 2.42. The molecule has 0 aromatic heterocycles. The summed E-state index contributed by atoms with van der Waals surface area (Å²) in [5.74, 6) is 2.43. The van der Waals surface area contributed by atoms with Gasteiger partial charge in [0.1, 0.15) is 0 Å². The van der Waals surface area contributed by atoms with Crippen LogP contribution in [0.25, 0.3) is 0 Å². The molecule has 0 aliphatic carbocycles. The van der Waals surface area contributed by atoms with E-state index < -0.39 is 0 Å². The van der Waals surface area contributed by atoms with E-state index >= 15 is 0 Å². The van der Waals surface area contributed by atoms with E-state index in [-0.39, 0.29) is 5.54 Å². The lowest BCUT2D eigenvalue weighted by atomic mass is 9.78. The fourth-order valence-corrected chi connectivity index (χ4v) is 5.08. The van der Waals surface area contributed by atoms with Crippen LogP contribution in [0.3, 0.4) is 0 Å². The minimum absolute atomic E-state index is 0.179. The Balaban J connectivity index is 2.15. The van der Waals surface area contributed by atoms with Crippen LogP contribution in [0.5, 0.6) is 0 Å². The van der Waals surface area contributed by atoms with Crippen LogP contribution < -0.4 is 5.73 Å². The fraction of sp³-hybridized carbons (Fsp3) is 1.00. The SMILES string of the molecule is C[C@@H]1CN(C2(CN)CSCC(C)(C)C2)C[C@H](C)O1. The van der Waals surface area contributed by atoms with Crippen molar-refractivity contribution in [2.45, 2.75) is 51.9 Å². The number of thioether (sulfide) groups is 1. The van der Waals surface area contributed by atoms with Crippen LogP contribution in [0.15, 0.2) is 0 Å². The minimum Gasteiger partial charge on any atom is -0.373 e. The van der Waals surface area contributed by atoms with Crippen LogP contribution in [-0.2, 0) is 4.74 Å². The molecule has 1 unspecified atom stereocenters. The molecule has 2 rings (SSSR count). The van der Waals surface area contributed by atoms with E-state index in [9.17, 15) is 0 Å². The maximum atomic E-state index is 6.19. The highest BCUT2D eigenvalue weighted by Gasteiger charge is 2.45. The summed E-state index contributed by atoms with van der Waals surface area (Å²) in [4.78, 5) is 2.61. The number of hydrogen-bond donors (Lipinski definition) is 1. The van der Waals surface area contributed by atoms with Gasteiger partial charge in [-0.15, -0.1) is 0 Å². The van der Waals surface area contributed by atoms with Crippen molar-refractivity contribution in [1.29, 1.82) is 0 Å². The van der Waals surface area contributed by atoms with Crippen LogP contribution in [0.4, 0.5) is 0 Å². The van der Waals surface area contributed by atoms with Gasteiger partial charge in [0.05, 0.1) is 12.2 Å². The molecule has 106 valence electrons. The van der Waals surface area contributed by atoms with Crippen LogP contribution in [0.1, 0.15) is 34.1 Å². The van der Waals surface area contributed by atoms with Gasteiger partial charge in [0, 0.05) is 30.9 Å². The van der Waals surface area contributed by atoms with Crippen molar-refractivity contribution in [2.75, 3.05) is 31.1 Å². The summed E-state index contributed by atoms with van der Waals surface area (Å²) in [6.45, 7) is 11.9. The summed E-state index contributed by atoms with van der Waals surface area (Å²) < 4.78 is 5.86. The molecule has 4 heteroatoms. The highest BCUT2D eigenvalue weighted by atomic mass is 32.2. The van der Waals surface area contributed by atoms with Crippen molar-refractivity contribution >= 4 is 11.8 Å². The fourth-order valence-electron chi connectivity index (χ4n) is 3.54. The molecule has 2 N–H and O–H groups in total. The first-order chi connectivity index (χ1) is 8.37. The Morgan fingerprint density at radius 1 is 1.22 bits per heavy atom. The van der Waals surface area contributed by atoms with Crippen molar-refractivity contribution < 1.29 is 4.74 Å². The number of hydrogen-bond acceptors (Lipinski definition) is 4.